The lowest BCUT2D eigenvalue weighted by atomic mass is 10.0. The number of hydrogen-bond donors (Lipinski definition) is 0. The maximum absolute atomic E-state index is 5.30. The van der Waals surface area contributed by atoms with Crippen LogP contribution in [0.25, 0.3) is 0 Å². The van der Waals surface area contributed by atoms with Crippen LogP contribution in [0.1, 0.15) is 30.0 Å². The number of ether oxygens (including phenoxy) is 2. The van der Waals surface area contributed by atoms with Gasteiger partial charge < -0.3 is 9.47 Å². The lowest BCUT2D eigenvalue weighted by Gasteiger charge is -2.29. The maximum atomic E-state index is 5.30. The molecule has 3 aromatic carbocycles. The molecule has 0 aliphatic carbocycles. The summed E-state index contributed by atoms with van der Waals surface area (Å²) in [6.07, 6.45) is 2.21. The Hall–Kier alpha value is -2.78. The van der Waals surface area contributed by atoms with Gasteiger partial charge in [0.15, 0.2) is 0 Å². The molecule has 0 saturated carbocycles. The summed E-state index contributed by atoms with van der Waals surface area (Å²) in [4.78, 5) is 2.55. The van der Waals surface area contributed by atoms with Gasteiger partial charge in [-0.1, -0.05) is 54.6 Å². The zero-order chi connectivity index (χ0) is 20.5. The highest BCUT2D eigenvalue weighted by molar-refractivity contribution is 5.29. The molecule has 0 aromatic heterocycles. The van der Waals surface area contributed by atoms with E-state index in [1.807, 2.05) is 24.3 Å². The summed E-state index contributed by atoms with van der Waals surface area (Å²) in [5, 5.41) is 0. The van der Waals surface area contributed by atoms with Crippen molar-refractivity contribution in [3.8, 4) is 11.5 Å². The van der Waals surface area contributed by atoms with Crippen LogP contribution in [0.4, 0.5) is 0 Å². The number of methoxy groups -OCH3 is 2. The third-order valence-corrected chi connectivity index (χ3v) is 5.41. The monoisotopic (exact) mass is 389 g/mol. The van der Waals surface area contributed by atoms with Crippen molar-refractivity contribution in [1.82, 2.24) is 4.90 Å². The molecular weight excluding hydrogens is 358 g/mol. The molecule has 3 aromatic rings. The fourth-order valence-corrected chi connectivity index (χ4v) is 3.50. The fourth-order valence-electron chi connectivity index (χ4n) is 3.50. The van der Waals surface area contributed by atoms with Crippen LogP contribution < -0.4 is 9.47 Å². The summed E-state index contributed by atoms with van der Waals surface area (Å²) < 4.78 is 10.6. The molecule has 0 unspecified atom stereocenters. The summed E-state index contributed by atoms with van der Waals surface area (Å²) in [5.74, 6) is 1.79. The van der Waals surface area contributed by atoms with Crippen molar-refractivity contribution in [3.05, 3.63) is 95.6 Å². The van der Waals surface area contributed by atoms with E-state index < -0.39 is 0 Å². The molecule has 0 bridgehead atoms. The first-order valence-electron chi connectivity index (χ1n) is 10.2. The molecule has 0 amide bonds. The summed E-state index contributed by atoms with van der Waals surface area (Å²) in [6.45, 7) is 4.15. The summed E-state index contributed by atoms with van der Waals surface area (Å²) >= 11 is 0. The molecule has 0 N–H and O–H groups in total. The first-order chi connectivity index (χ1) is 14.2. The molecule has 152 valence electrons. The molecule has 0 aliphatic rings. The van der Waals surface area contributed by atoms with E-state index in [4.69, 9.17) is 9.47 Å². The molecular formula is C26H31NO2. The van der Waals surface area contributed by atoms with E-state index in [1.54, 1.807) is 14.2 Å². The normalized spacial score (nSPS) is 12.0. The van der Waals surface area contributed by atoms with Gasteiger partial charge in [-0.25, -0.2) is 0 Å². The molecule has 0 heterocycles. The average molecular weight is 390 g/mol. The summed E-state index contributed by atoms with van der Waals surface area (Å²) in [6, 6.07) is 28.0. The van der Waals surface area contributed by atoms with E-state index >= 15 is 0 Å². The molecule has 1 atom stereocenters. The largest absolute Gasteiger partial charge is 0.497 e. The first-order valence-corrected chi connectivity index (χ1v) is 10.2. The third kappa shape index (κ3) is 6.37. The number of rotatable bonds is 10. The minimum atomic E-state index is 0.458. The van der Waals surface area contributed by atoms with Crippen molar-refractivity contribution >= 4 is 0 Å². The Morgan fingerprint density at radius 1 is 0.655 bits per heavy atom. The van der Waals surface area contributed by atoms with Crippen LogP contribution in [0, 0.1) is 0 Å². The highest BCUT2D eigenvalue weighted by atomic mass is 16.5. The van der Waals surface area contributed by atoms with Crippen LogP contribution in [0.2, 0.25) is 0 Å². The van der Waals surface area contributed by atoms with Gasteiger partial charge in [-0.15, -0.1) is 0 Å². The number of nitrogens with zero attached hydrogens (tertiary/aromatic N) is 1. The Balaban J connectivity index is 1.71. The van der Waals surface area contributed by atoms with Gasteiger partial charge >= 0.3 is 0 Å². The van der Waals surface area contributed by atoms with E-state index in [0.717, 1.165) is 37.4 Å². The Labute approximate surface area is 174 Å². The lowest BCUT2D eigenvalue weighted by Crippen LogP contribution is -2.32. The molecule has 0 saturated heterocycles. The van der Waals surface area contributed by atoms with Gasteiger partial charge in [0, 0.05) is 19.1 Å². The first kappa shape index (κ1) is 20.9. The highest BCUT2D eigenvalue weighted by Gasteiger charge is 2.15. The standard InChI is InChI=1S/C26H31NO2/c1-21(9-10-22-7-5-4-6-8-22)27(19-23-11-15-25(28-2)16-12-23)20-24-13-17-26(29-3)18-14-24/h4-8,11-18,21H,9-10,19-20H2,1-3H3/t21-/m1/s1. The number of aryl methyl sites for hydroxylation is 1. The van der Waals surface area contributed by atoms with Crippen LogP contribution in [0.15, 0.2) is 78.9 Å². The van der Waals surface area contributed by atoms with Crippen LogP contribution in [-0.4, -0.2) is 25.2 Å². The lowest BCUT2D eigenvalue weighted by molar-refractivity contribution is 0.182. The molecule has 0 spiro atoms. The second-order valence-corrected chi connectivity index (χ2v) is 7.47. The molecule has 29 heavy (non-hydrogen) atoms. The van der Waals surface area contributed by atoms with Crippen LogP contribution in [0.3, 0.4) is 0 Å². The van der Waals surface area contributed by atoms with Gasteiger partial charge in [-0.3, -0.25) is 4.90 Å². The smallest absolute Gasteiger partial charge is 0.118 e. The SMILES string of the molecule is COc1ccc(CN(Cc2ccc(OC)cc2)[C@H](C)CCc2ccccc2)cc1. The topological polar surface area (TPSA) is 21.7 Å². The summed E-state index contributed by atoms with van der Waals surface area (Å²) in [7, 11) is 3.41. The van der Waals surface area contributed by atoms with E-state index in [-0.39, 0.29) is 0 Å². The van der Waals surface area contributed by atoms with Crippen molar-refractivity contribution in [2.75, 3.05) is 14.2 Å². The predicted octanol–water partition coefficient (Wildman–Crippen LogP) is 5.73. The van der Waals surface area contributed by atoms with Gasteiger partial charge in [-0.2, -0.15) is 0 Å². The molecule has 3 heteroatoms. The number of benzene rings is 3. The Morgan fingerprint density at radius 3 is 1.59 bits per heavy atom. The highest BCUT2D eigenvalue weighted by Crippen LogP contribution is 2.20. The summed E-state index contributed by atoms with van der Waals surface area (Å²) in [5.41, 5.74) is 3.99. The van der Waals surface area contributed by atoms with Crippen molar-refractivity contribution < 1.29 is 9.47 Å². The van der Waals surface area contributed by atoms with Crippen molar-refractivity contribution in [2.45, 2.75) is 38.9 Å². The van der Waals surface area contributed by atoms with Crippen molar-refractivity contribution in [3.63, 3.8) is 0 Å². The van der Waals surface area contributed by atoms with Crippen LogP contribution >= 0.6 is 0 Å². The van der Waals surface area contributed by atoms with E-state index in [0.29, 0.717) is 6.04 Å². The van der Waals surface area contributed by atoms with E-state index in [1.165, 1.54) is 16.7 Å². The minimum Gasteiger partial charge on any atom is -0.497 e. The maximum Gasteiger partial charge on any atom is 0.118 e. The molecule has 0 radical (unpaired) electrons. The van der Waals surface area contributed by atoms with Gasteiger partial charge in [0.2, 0.25) is 0 Å². The second kappa shape index (κ2) is 10.7. The van der Waals surface area contributed by atoms with Crippen LogP contribution in [0.5, 0.6) is 11.5 Å². The van der Waals surface area contributed by atoms with Crippen molar-refractivity contribution in [2.24, 2.45) is 0 Å². The average Bonchev–Trinajstić information content (AvgIpc) is 2.78. The second-order valence-electron chi connectivity index (χ2n) is 7.47. The van der Waals surface area contributed by atoms with Gasteiger partial charge in [0.1, 0.15) is 11.5 Å². The molecule has 3 nitrogen and oxygen atoms in total. The Morgan fingerprint density at radius 2 is 1.14 bits per heavy atom. The van der Waals surface area contributed by atoms with E-state index in [2.05, 4.69) is 66.4 Å². The predicted molar refractivity (Wildman–Crippen MR) is 119 cm³/mol. The van der Waals surface area contributed by atoms with E-state index in [9.17, 15) is 0 Å². The van der Waals surface area contributed by atoms with Crippen molar-refractivity contribution in [1.29, 1.82) is 0 Å². The molecule has 0 fully saturated rings. The quantitative estimate of drug-likeness (QED) is 0.442. The Kier molecular flexibility index (Phi) is 7.71. The number of hydrogen-bond acceptors (Lipinski definition) is 3. The zero-order valence-corrected chi connectivity index (χ0v) is 17.7. The van der Waals surface area contributed by atoms with Gasteiger partial charge in [-0.05, 0) is 60.7 Å². The molecule has 3 rings (SSSR count). The third-order valence-electron chi connectivity index (χ3n) is 5.41. The minimum absolute atomic E-state index is 0.458. The Bertz CT molecular complexity index is 795. The molecule has 0 aliphatic heterocycles. The zero-order valence-electron chi connectivity index (χ0n) is 17.7. The van der Waals surface area contributed by atoms with Gasteiger partial charge in [0.05, 0.1) is 14.2 Å². The fraction of sp³-hybridized carbons (Fsp3) is 0.308. The van der Waals surface area contributed by atoms with Gasteiger partial charge in [0.25, 0.3) is 0 Å². The van der Waals surface area contributed by atoms with Crippen LogP contribution in [-0.2, 0) is 19.5 Å².